The summed E-state index contributed by atoms with van der Waals surface area (Å²) in [5, 5.41) is 0. The van der Waals surface area contributed by atoms with E-state index in [0.29, 0.717) is 79.1 Å². The van der Waals surface area contributed by atoms with Crippen molar-refractivity contribution in [2.45, 2.75) is 45.3 Å². The van der Waals surface area contributed by atoms with Gasteiger partial charge in [-0.05, 0) is 33.6 Å². The van der Waals surface area contributed by atoms with Crippen LogP contribution in [-0.2, 0) is 28.4 Å². The number of hydrogen-bond donors (Lipinski definition) is 1. The zero-order valence-electron chi connectivity index (χ0n) is 18.4. The van der Waals surface area contributed by atoms with Gasteiger partial charge in [-0.25, -0.2) is 4.79 Å². The van der Waals surface area contributed by atoms with Gasteiger partial charge in [0.05, 0.1) is 65.6 Å². The van der Waals surface area contributed by atoms with Crippen LogP contribution in [0.15, 0.2) is 0 Å². The van der Waals surface area contributed by atoms with Crippen LogP contribution in [0.1, 0.15) is 33.6 Å². The van der Waals surface area contributed by atoms with E-state index < -0.39 is 5.60 Å². The van der Waals surface area contributed by atoms with Gasteiger partial charge in [0.15, 0.2) is 0 Å². The van der Waals surface area contributed by atoms with E-state index in [-0.39, 0.29) is 12.2 Å². The average molecular weight is 421 g/mol. The van der Waals surface area contributed by atoms with E-state index in [2.05, 4.69) is 0 Å². The number of nitrogens with two attached hydrogens (primary N) is 1. The van der Waals surface area contributed by atoms with E-state index in [1.54, 1.807) is 4.90 Å². The second-order valence-electron chi connectivity index (χ2n) is 7.78. The number of ether oxygens (including phenoxy) is 6. The Morgan fingerprint density at radius 1 is 0.828 bits per heavy atom. The van der Waals surface area contributed by atoms with Crippen LogP contribution in [0.25, 0.3) is 0 Å². The molecule has 172 valence electrons. The standard InChI is InChI=1S/C20H40N2O7/c1-20(2,3)29-19(23)22-7-4-18(5-8-22)28-17-16-27-15-14-26-13-12-25-11-10-24-9-6-21/h18H,4-17,21H2,1-3H3. The number of rotatable bonds is 15. The zero-order chi connectivity index (χ0) is 21.4. The van der Waals surface area contributed by atoms with Crippen LogP contribution in [0.2, 0.25) is 0 Å². The van der Waals surface area contributed by atoms with Gasteiger partial charge >= 0.3 is 6.09 Å². The fourth-order valence-corrected chi connectivity index (χ4v) is 2.65. The molecule has 0 radical (unpaired) electrons. The Morgan fingerprint density at radius 2 is 1.28 bits per heavy atom. The average Bonchev–Trinajstić information content (AvgIpc) is 2.67. The Labute approximate surface area is 175 Å². The molecule has 0 aromatic rings. The highest BCUT2D eigenvalue weighted by Crippen LogP contribution is 2.17. The van der Waals surface area contributed by atoms with Crippen LogP contribution in [0.5, 0.6) is 0 Å². The number of carbonyl (C=O) groups excluding carboxylic acids is 1. The molecule has 1 rings (SSSR count). The van der Waals surface area contributed by atoms with Crippen LogP contribution >= 0.6 is 0 Å². The zero-order valence-corrected chi connectivity index (χ0v) is 18.4. The molecule has 9 heteroatoms. The molecule has 1 amide bonds. The lowest BCUT2D eigenvalue weighted by atomic mass is 10.1. The number of piperidine rings is 1. The third-order valence-electron chi connectivity index (χ3n) is 4.05. The number of nitrogens with zero attached hydrogens (tertiary/aromatic N) is 1. The predicted octanol–water partition coefficient (Wildman–Crippen LogP) is 1.43. The van der Waals surface area contributed by atoms with Crippen molar-refractivity contribution in [2.24, 2.45) is 5.73 Å². The first-order chi connectivity index (χ1) is 13.9. The molecule has 0 atom stereocenters. The molecule has 1 heterocycles. The van der Waals surface area contributed by atoms with Crippen molar-refractivity contribution >= 4 is 6.09 Å². The van der Waals surface area contributed by atoms with Gasteiger partial charge in [0.2, 0.25) is 0 Å². The van der Waals surface area contributed by atoms with Gasteiger partial charge in [0.1, 0.15) is 5.60 Å². The monoisotopic (exact) mass is 420 g/mol. The molecule has 0 saturated carbocycles. The number of likely N-dealkylation sites (tertiary alicyclic amines) is 1. The summed E-state index contributed by atoms with van der Waals surface area (Å²) in [5.41, 5.74) is 4.85. The largest absolute Gasteiger partial charge is 0.444 e. The highest BCUT2D eigenvalue weighted by Gasteiger charge is 2.27. The first-order valence-electron chi connectivity index (χ1n) is 10.5. The fraction of sp³-hybridized carbons (Fsp3) is 0.950. The second kappa shape index (κ2) is 15.8. The fourth-order valence-electron chi connectivity index (χ4n) is 2.65. The molecule has 0 aliphatic carbocycles. The molecule has 1 fully saturated rings. The molecular weight excluding hydrogens is 380 g/mol. The molecule has 1 aliphatic heterocycles. The molecule has 0 bridgehead atoms. The Bertz CT molecular complexity index is 410. The molecule has 0 unspecified atom stereocenters. The summed E-state index contributed by atoms with van der Waals surface area (Å²) in [6.45, 7) is 12.4. The van der Waals surface area contributed by atoms with E-state index >= 15 is 0 Å². The molecule has 0 aromatic carbocycles. The lowest BCUT2D eigenvalue weighted by Crippen LogP contribution is -2.43. The summed E-state index contributed by atoms with van der Waals surface area (Å²) in [4.78, 5) is 13.8. The van der Waals surface area contributed by atoms with Gasteiger partial charge in [0, 0.05) is 19.6 Å². The normalized spacial score (nSPS) is 15.7. The van der Waals surface area contributed by atoms with E-state index in [9.17, 15) is 4.79 Å². The summed E-state index contributed by atoms with van der Waals surface area (Å²) < 4.78 is 32.7. The van der Waals surface area contributed by atoms with Crippen molar-refractivity contribution in [3.05, 3.63) is 0 Å². The number of hydrogen-bond acceptors (Lipinski definition) is 8. The Balaban J connectivity index is 1.86. The summed E-state index contributed by atoms with van der Waals surface area (Å²) in [5.74, 6) is 0. The maximum atomic E-state index is 12.0. The third-order valence-corrected chi connectivity index (χ3v) is 4.05. The highest BCUT2D eigenvalue weighted by molar-refractivity contribution is 5.68. The third kappa shape index (κ3) is 14.6. The van der Waals surface area contributed by atoms with Gasteiger partial charge in [-0.2, -0.15) is 0 Å². The first kappa shape index (κ1) is 26.1. The summed E-state index contributed by atoms with van der Waals surface area (Å²) >= 11 is 0. The van der Waals surface area contributed by atoms with Crippen LogP contribution in [0, 0.1) is 0 Å². The van der Waals surface area contributed by atoms with E-state index in [4.69, 9.17) is 34.2 Å². The van der Waals surface area contributed by atoms with Crippen molar-refractivity contribution in [3.8, 4) is 0 Å². The quantitative estimate of drug-likeness (QED) is 0.397. The molecular formula is C20H40N2O7. The van der Waals surface area contributed by atoms with Gasteiger partial charge < -0.3 is 39.1 Å². The minimum atomic E-state index is -0.460. The van der Waals surface area contributed by atoms with Gasteiger partial charge in [0.25, 0.3) is 0 Å². The van der Waals surface area contributed by atoms with E-state index in [0.717, 1.165) is 12.8 Å². The van der Waals surface area contributed by atoms with Crippen molar-refractivity contribution in [3.63, 3.8) is 0 Å². The van der Waals surface area contributed by atoms with Gasteiger partial charge in [-0.1, -0.05) is 0 Å². The minimum Gasteiger partial charge on any atom is -0.444 e. The first-order valence-corrected chi connectivity index (χ1v) is 10.5. The predicted molar refractivity (Wildman–Crippen MR) is 109 cm³/mol. The van der Waals surface area contributed by atoms with Crippen molar-refractivity contribution in [1.29, 1.82) is 0 Å². The van der Waals surface area contributed by atoms with Crippen molar-refractivity contribution < 1.29 is 33.2 Å². The minimum absolute atomic E-state index is 0.166. The van der Waals surface area contributed by atoms with Gasteiger partial charge in [-0.3, -0.25) is 0 Å². The SMILES string of the molecule is CC(C)(C)OC(=O)N1CCC(OCCOCCOCCOCCOCCN)CC1. The summed E-state index contributed by atoms with van der Waals surface area (Å²) in [6, 6.07) is 0. The topological polar surface area (TPSA) is 102 Å². The van der Waals surface area contributed by atoms with Crippen molar-refractivity contribution in [1.82, 2.24) is 4.90 Å². The van der Waals surface area contributed by atoms with Crippen LogP contribution in [0.3, 0.4) is 0 Å². The van der Waals surface area contributed by atoms with Crippen LogP contribution in [0.4, 0.5) is 4.79 Å². The second-order valence-corrected chi connectivity index (χ2v) is 7.78. The molecule has 0 spiro atoms. The van der Waals surface area contributed by atoms with Gasteiger partial charge in [-0.15, -0.1) is 0 Å². The molecule has 1 aliphatic rings. The summed E-state index contributed by atoms with van der Waals surface area (Å²) in [6.07, 6.45) is 1.56. The molecule has 29 heavy (non-hydrogen) atoms. The maximum Gasteiger partial charge on any atom is 0.410 e. The lowest BCUT2D eigenvalue weighted by molar-refractivity contribution is -0.0392. The lowest BCUT2D eigenvalue weighted by Gasteiger charge is -2.33. The summed E-state index contributed by atoms with van der Waals surface area (Å²) in [7, 11) is 0. The highest BCUT2D eigenvalue weighted by atomic mass is 16.6. The van der Waals surface area contributed by atoms with Crippen molar-refractivity contribution in [2.75, 3.05) is 79.1 Å². The Morgan fingerprint density at radius 3 is 1.72 bits per heavy atom. The molecule has 1 saturated heterocycles. The molecule has 2 N–H and O–H groups in total. The number of carbonyl (C=O) groups is 1. The molecule has 9 nitrogen and oxygen atoms in total. The maximum absolute atomic E-state index is 12.0. The van der Waals surface area contributed by atoms with Crippen LogP contribution < -0.4 is 5.73 Å². The Kier molecular flexibility index (Phi) is 14.2. The van der Waals surface area contributed by atoms with E-state index in [1.807, 2.05) is 20.8 Å². The number of amides is 1. The van der Waals surface area contributed by atoms with E-state index in [1.165, 1.54) is 0 Å². The Hall–Kier alpha value is -0.970. The smallest absolute Gasteiger partial charge is 0.410 e. The molecule has 0 aromatic heterocycles. The van der Waals surface area contributed by atoms with Crippen LogP contribution in [-0.4, -0.2) is 102 Å².